The van der Waals surface area contributed by atoms with E-state index in [-0.39, 0.29) is 11.6 Å². The van der Waals surface area contributed by atoms with E-state index in [4.69, 9.17) is 9.47 Å². The Hall–Kier alpha value is -2.19. The minimum absolute atomic E-state index is 0.0834. The SMILES string of the molecule is O=C(NCCCOCC1CC1)c1cc([N+](=O)[O-])ccc1N1CCOCC1. The van der Waals surface area contributed by atoms with Crippen molar-refractivity contribution in [1.29, 1.82) is 0 Å². The molecule has 26 heavy (non-hydrogen) atoms. The summed E-state index contributed by atoms with van der Waals surface area (Å²) in [7, 11) is 0. The van der Waals surface area contributed by atoms with Gasteiger partial charge in [-0.25, -0.2) is 0 Å². The smallest absolute Gasteiger partial charge is 0.270 e. The lowest BCUT2D eigenvalue weighted by molar-refractivity contribution is -0.384. The van der Waals surface area contributed by atoms with Gasteiger partial charge in [0.05, 0.1) is 29.4 Å². The summed E-state index contributed by atoms with van der Waals surface area (Å²) in [5.74, 6) is 0.433. The number of nitrogens with zero attached hydrogens (tertiary/aromatic N) is 2. The number of carbonyl (C=O) groups excluding carboxylic acids is 1. The second-order valence-corrected chi connectivity index (χ2v) is 6.69. The number of nitro groups is 1. The van der Waals surface area contributed by atoms with Crippen LogP contribution in [0, 0.1) is 16.0 Å². The minimum Gasteiger partial charge on any atom is -0.381 e. The van der Waals surface area contributed by atoms with Crippen molar-refractivity contribution in [2.75, 3.05) is 51.0 Å². The number of morpholine rings is 1. The van der Waals surface area contributed by atoms with Crippen LogP contribution in [0.5, 0.6) is 0 Å². The zero-order chi connectivity index (χ0) is 18.4. The van der Waals surface area contributed by atoms with Crippen molar-refractivity contribution in [2.24, 2.45) is 5.92 Å². The molecule has 1 amide bonds. The minimum atomic E-state index is -0.481. The summed E-state index contributed by atoms with van der Waals surface area (Å²) in [5, 5.41) is 13.9. The molecule has 0 radical (unpaired) electrons. The molecule has 1 aliphatic carbocycles. The lowest BCUT2D eigenvalue weighted by Gasteiger charge is -2.30. The Morgan fingerprint density at radius 2 is 2.12 bits per heavy atom. The number of rotatable bonds is 9. The molecule has 0 spiro atoms. The fraction of sp³-hybridized carbons (Fsp3) is 0.611. The van der Waals surface area contributed by atoms with E-state index in [0.717, 1.165) is 18.9 Å². The molecule has 0 bridgehead atoms. The summed E-state index contributed by atoms with van der Waals surface area (Å²) < 4.78 is 10.9. The lowest BCUT2D eigenvalue weighted by Crippen LogP contribution is -2.38. The zero-order valence-corrected chi connectivity index (χ0v) is 14.8. The summed E-state index contributed by atoms with van der Waals surface area (Å²) in [6, 6.07) is 4.44. The predicted molar refractivity (Wildman–Crippen MR) is 96.6 cm³/mol. The number of benzene rings is 1. The van der Waals surface area contributed by atoms with Crippen LogP contribution in [0.4, 0.5) is 11.4 Å². The second kappa shape index (κ2) is 8.95. The van der Waals surface area contributed by atoms with Gasteiger partial charge in [-0.05, 0) is 31.2 Å². The number of nitrogens with one attached hydrogen (secondary N) is 1. The summed E-state index contributed by atoms with van der Waals surface area (Å²) in [4.78, 5) is 25.2. The molecular weight excluding hydrogens is 338 g/mol. The molecule has 2 fully saturated rings. The van der Waals surface area contributed by atoms with Crippen LogP contribution in [0.1, 0.15) is 29.6 Å². The van der Waals surface area contributed by atoms with E-state index in [1.54, 1.807) is 6.07 Å². The van der Waals surface area contributed by atoms with Gasteiger partial charge in [0.1, 0.15) is 0 Å². The Bertz CT molecular complexity index is 642. The van der Waals surface area contributed by atoms with E-state index < -0.39 is 4.92 Å². The maximum absolute atomic E-state index is 12.6. The quantitative estimate of drug-likeness (QED) is 0.410. The molecule has 1 saturated heterocycles. The number of hydrogen-bond donors (Lipinski definition) is 1. The van der Waals surface area contributed by atoms with Crippen molar-refractivity contribution in [3.8, 4) is 0 Å². The van der Waals surface area contributed by atoms with Gasteiger partial charge < -0.3 is 19.7 Å². The molecule has 1 saturated carbocycles. The van der Waals surface area contributed by atoms with Gasteiger partial charge in [0.25, 0.3) is 11.6 Å². The maximum atomic E-state index is 12.6. The molecule has 3 rings (SSSR count). The molecule has 2 aliphatic rings. The zero-order valence-electron chi connectivity index (χ0n) is 14.8. The second-order valence-electron chi connectivity index (χ2n) is 6.69. The third-order valence-corrected chi connectivity index (χ3v) is 4.59. The van der Waals surface area contributed by atoms with Crippen LogP contribution < -0.4 is 10.2 Å². The molecular formula is C18H25N3O5. The normalized spacial score (nSPS) is 17.2. The number of anilines is 1. The standard InChI is InChI=1S/C18H25N3O5/c22-18(19-6-1-9-26-13-14-2-3-14)16-12-15(21(23)24)4-5-17(16)20-7-10-25-11-8-20/h4-5,12,14H,1-3,6-11,13H2,(H,19,22). The van der Waals surface area contributed by atoms with E-state index >= 15 is 0 Å². The van der Waals surface area contributed by atoms with E-state index in [0.29, 0.717) is 50.7 Å². The van der Waals surface area contributed by atoms with Crippen molar-refractivity contribution >= 4 is 17.3 Å². The number of ether oxygens (including phenoxy) is 2. The molecule has 142 valence electrons. The third-order valence-electron chi connectivity index (χ3n) is 4.59. The molecule has 1 aromatic rings. The number of hydrogen-bond acceptors (Lipinski definition) is 6. The highest BCUT2D eigenvalue weighted by molar-refractivity contribution is 6.00. The topological polar surface area (TPSA) is 93.9 Å². The molecule has 8 heteroatoms. The van der Waals surface area contributed by atoms with Gasteiger partial charge in [-0.15, -0.1) is 0 Å². The van der Waals surface area contributed by atoms with Crippen molar-refractivity contribution in [3.05, 3.63) is 33.9 Å². The highest BCUT2D eigenvalue weighted by Gasteiger charge is 2.22. The van der Waals surface area contributed by atoms with E-state index in [1.807, 2.05) is 4.90 Å². The van der Waals surface area contributed by atoms with Crippen molar-refractivity contribution in [3.63, 3.8) is 0 Å². The molecule has 1 heterocycles. The molecule has 0 unspecified atom stereocenters. The van der Waals surface area contributed by atoms with Crippen molar-refractivity contribution in [2.45, 2.75) is 19.3 Å². The average Bonchev–Trinajstić information content (AvgIpc) is 3.49. The van der Waals surface area contributed by atoms with Gasteiger partial charge in [0.15, 0.2) is 0 Å². The first-order chi connectivity index (χ1) is 12.6. The van der Waals surface area contributed by atoms with Gasteiger partial charge in [-0.1, -0.05) is 0 Å². The van der Waals surface area contributed by atoms with Crippen LogP contribution in [0.3, 0.4) is 0 Å². The van der Waals surface area contributed by atoms with E-state index in [9.17, 15) is 14.9 Å². The van der Waals surface area contributed by atoms with Crippen molar-refractivity contribution < 1.29 is 19.2 Å². The highest BCUT2D eigenvalue weighted by atomic mass is 16.6. The van der Waals surface area contributed by atoms with E-state index in [2.05, 4.69) is 5.32 Å². The fourth-order valence-electron chi connectivity index (χ4n) is 2.91. The molecule has 0 aromatic heterocycles. The number of carbonyl (C=O) groups is 1. The Kier molecular flexibility index (Phi) is 6.40. The number of amides is 1. The van der Waals surface area contributed by atoms with Crippen LogP contribution in [-0.2, 0) is 9.47 Å². The Labute approximate surface area is 152 Å². The maximum Gasteiger partial charge on any atom is 0.270 e. The largest absolute Gasteiger partial charge is 0.381 e. The summed E-state index contributed by atoms with van der Waals surface area (Å²) in [6.45, 7) is 4.38. The van der Waals surface area contributed by atoms with Gasteiger partial charge in [0.2, 0.25) is 0 Å². The van der Waals surface area contributed by atoms with Crippen LogP contribution in [0.2, 0.25) is 0 Å². The molecule has 8 nitrogen and oxygen atoms in total. The average molecular weight is 363 g/mol. The lowest BCUT2D eigenvalue weighted by atomic mass is 10.1. The summed E-state index contributed by atoms with van der Waals surface area (Å²) >= 11 is 0. The fourth-order valence-corrected chi connectivity index (χ4v) is 2.91. The first kappa shape index (κ1) is 18.6. The highest BCUT2D eigenvalue weighted by Crippen LogP contribution is 2.29. The molecule has 1 aliphatic heterocycles. The number of non-ortho nitro benzene ring substituents is 1. The third kappa shape index (κ3) is 5.15. The summed E-state index contributed by atoms with van der Waals surface area (Å²) in [6.07, 6.45) is 3.24. The van der Waals surface area contributed by atoms with Gasteiger partial charge in [-0.2, -0.15) is 0 Å². The van der Waals surface area contributed by atoms with Crippen LogP contribution in [0.15, 0.2) is 18.2 Å². The Morgan fingerprint density at radius 1 is 1.35 bits per heavy atom. The monoisotopic (exact) mass is 363 g/mol. The number of nitro benzene ring substituents is 1. The molecule has 1 N–H and O–H groups in total. The van der Waals surface area contributed by atoms with Crippen LogP contribution in [0.25, 0.3) is 0 Å². The van der Waals surface area contributed by atoms with Gasteiger partial charge >= 0.3 is 0 Å². The predicted octanol–water partition coefficient (Wildman–Crippen LogP) is 1.98. The molecule has 0 atom stereocenters. The summed E-state index contributed by atoms with van der Waals surface area (Å²) in [5.41, 5.74) is 0.960. The first-order valence-electron chi connectivity index (χ1n) is 9.12. The van der Waals surface area contributed by atoms with Gasteiger partial charge in [0, 0.05) is 45.0 Å². The first-order valence-corrected chi connectivity index (χ1v) is 9.12. The van der Waals surface area contributed by atoms with Crippen LogP contribution in [-0.4, -0.2) is 56.9 Å². The van der Waals surface area contributed by atoms with Gasteiger partial charge in [-0.3, -0.25) is 14.9 Å². The molecule has 1 aromatic carbocycles. The van der Waals surface area contributed by atoms with Crippen molar-refractivity contribution in [1.82, 2.24) is 5.32 Å². The van der Waals surface area contributed by atoms with Crippen LogP contribution >= 0.6 is 0 Å². The van der Waals surface area contributed by atoms with E-state index in [1.165, 1.54) is 25.0 Å². The Balaban J connectivity index is 1.59. The Morgan fingerprint density at radius 3 is 2.81 bits per heavy atom.